The summed E-state index contributed by atoms with van der Waals surface area (Å²) in [4.78, 5) is 12.0. The number of hydrogen-bond acceptors (Lipinski definition) is 4. The summed E-state index contributed by atoms with van der Waals surface area (Å²) in [7, 11) is 0. The molecule has 0 spiro atoms. The Balaban J connectivity index is 1.90. The number of hydrogen-bond donors (Lipinski definition) is 2. The van der Waals surface area contributed by atoms with Crippen molar-refractivity contribution in [3.63, 3.8) is 0 Å². The fourth-order valence-electron chi connectivity index (χ4n) is 5.62. The van der Waals surface area contributed by atoms with E-state index in [1.165, 1.54) is 140 Å². The second-order valence-corrected chi connectivity index (χ2v) is 14.0. The van der Waals surface area contributed by atoms with Crippen LogP contribution >= 0.6 is 11.8 Å². The van der Waals surface area contributed by atoms with E-state index in [1.54, 1.807) is 11.8 Å². The molecule has 254 valence electrons. The summed E-state index contributed by atoms with van der Waals surface area (Å²) in [5.41, 5.74) is 2.40. The largest absolute Gasteiger partial charge is 0.466 e. The number of benzene rings is 1. The van der Waals surface area contributed by atoms with E-state index in [1.807, 2.05) is 0 Å². The predicted molar refractivity (Wildman–Crippen MR) is 197 cm³/mol. The number of rotatable bonds is 32. The Hall–Kier alpha value is -1.49. The molecule has 0 amide bonds. The van der Waals surface area contributed by atoms with Crippen LogP contribution < -0.4 is 5.32 Å². The Morgan fingerprint density at radius 2 is 1.09 bits per heavy atom. The quantitative estimate of drug-likeness (QED) is 0.0360. The van der Waals surface area contributed by atoms with Crippen molar-refractivity contribution in [2.75, 3.05) is 23.4 Å². The molecular formula is C39H70N2O2S. The van der Waals surface area contributed by atoms with E-state index < -0.39 is 0 Å². The van der Waals surface area contributed by atoms with Crippen LogP contribution in [0.15, 0.2) is 24.3 Å². The third-order valence-corrected chi connectivity index (χ3v) is 9.57. The fourth-order valence-corrected chi connectivity index (χ4v) is 6.48. The van der Waals surface area contributed by atoms with Crippen LogP contribution in [0, 0.1) is 5.41 Å². The molecule has 0 aliphatic heterocycles. The van der Waals surface area contributed by atoms with Gasteiger partial charge in [0.05, 0.1) is 18.9 Å². The lowest BCUT2D eigenvalue weighted by Gasteiger charge is -2.09. The van der Waals surface area contributed by atoms with E-state index in [4.69, 9.17) is 10.1 Å². The molecule has 0 bridgehead atoms. The molecule has 0 atom stereocenters. The van der Waals surface area contributed by atoms with Crippen LogP contribution in [0.4, 0.5) is 5.69 Å². The number of aryl methyl sites for hydroxylation is 1. The van der Waals surface area contributed by atoms with Crippen LogP contribution in [0.25, 0.3) is 0 Å². The maximum absolute atomic E-state index is 12.0. The highest BCUT2D eigenvalue weighted by molar-refractivity contribution is 7.99. The number of esters is 1. The van der Waals surface area contributed by atoms with Gasteiger partial charge in [0.15, 0.2) is 0 Å². The average Bonchev–Trinajstić information content (AvgIpc) is 3.03. The number of carbonyl (C=O) groups excluding carboxylic acids is 1. The Morgan fingerprint density at radius 1 is 0.614 bits per heavy atom. The highest BCUT2D eigenvalue weighted by atomic mass is 32.2. The van der Waals surface area contributed by atoms with Crippen molar-refractivity contribution in [1.82, 2.24) is 0 Å². The monoisotopic (exact) mass is 631 g/mol. The molecule has 0 aromatic heterocycles. The third kappa shape index (κ3) is 26.9. The lowest BCUT2D eigenvalue weighted by atomic mass is 10.0. The number of unbranched alkanes of at least 4 members (excludes halogenated alkanes) is 20. The van der Waals surface area contributed by atoms with Crippen molar-refractivity contribution in [2.24, 2.45) is 0 Å². The van der Waals surface area contributed by atoms with Crippen molar-refractivity contribution in [1.29, 1.82) is 5.41 Å². The van der Waals surface area contributed by atoms with E-state index in [2.05, 4.69) is 43.4 Å². The van der Waals surface area contributed by atoms with Gasteiger partial charge < -0.3 is 10.1 Å². The summed E-state index contributed by atoms with van der Waals surface area (Å²) in [6, 6.07) is 8.63. The van der Waals surface area contributed by atoms with Gasteiger partial charge >= 0.3 is 5.97 Å². The molecule has 0 saturated carbocycles. The number of anilines is 1. The predicted octanol–water partition coefficient (Wildman–Crippen LogP) is 12.7. The molecule has 0 aliphatic carbocycles. The molecule has 5 heteroatoms. The van der Waals surface area contributed by atoms with Crippen molar-refractivity contribution >= 4 is 29.3 Å². The van der Waals surface area contributed by atoms with Crippen molar-refractivity contribution < 1.29 is 9.53 Å². The normalized spacial score (nSPS) is 11.1. The molecule has 0 aliphatic rings. The first-order valence-electron chi connectivity index (χ1n) is 18.8. The molecule has 0 radical (unpaired) electrons. The summed E-state index contributed by atoms with van der Waals surface area (Å²) >= 11 is 1.79. The molecule has 4 nitrogen and oxygen atoms in total. The molecule has 1 aromatic carbocycles. The second-order valence-electron chi connectivity index (χ2n) is 12.8. The van der Waals surface area contributed by atoms with Crippen LogP contribution in [0.1, 0.15) is 180 Å². The van der Waals surface area contributed by atoms with Gasteiger partial charge in [-0.05, 0) is 49.1 Å². The molecule has 0 unspecified atom stereocenters. The van der Waals surface area contributed by atoms with Crippen LogP contribution in [0.2, 0.25) is 0 Å². The first-order valence-corrected chi connectivity index (χ1v) is 20.0. The van der Waals surface area contributed by atoms with Crippen LogP contribution in [-0.2, 0) is 16.0 Å². The van der Waals surface area contributed by atoms with Crippen LogP contribution in [0.3, 0.4) is 0 Å². The Morgan fingerprint density at radius 3 is 1.61 bits per heavy atom. The van der Waals surface area contributed by atoms with E-state index in [9.17, 15) is 4.79 Å². The molecule has 0 heterocycles. The Labute approximate surface area is 277 Å². The van der Waals surface area contributed by atoms with E-state index >= 15 is 0 Å². The van der Waals surface area contributed by atoms with Crippen molar-refractivity contribution in [3.8, 4) is 0 Å². The topological polar surface area (TPSA) is 62.2 Å². The molecular weight excluding hydrogens is 561 g/mol. The second kappa shape index (κ2) is 31.5. The molecule has 0 saturated heterocycles. The maximum Gasteiger partial charge on any atom is 0.306 e. The number of thioether (sulfide) groups is 1. The van der Waals surface area contributed by atoms with Crippen LogP contribution in [0.5, 0.6) is 0 Å². The van der Waals surface area contributed by atoms with Gasteiger partial charge in [-0.15, -0.1) is 0 Å². The minimum Gasteiger partial charge on any atom is -0.466 e. The summed E-state index contributed by atoms with van der Waals surface area (Å²) in [5, 5.41) is 11.5. The number of amidine groups is 1. The van der Waals surface area contributed by atoms with Gasteiger partial charge in [-0.2, -0.15) is 11.8 Å². The first kappa shape index (κ1) is 40.5. The standard InChI is InChI=1S/C39H70N2O2S/c1-3-5-7-9-11-13-15-16-18-20-22-24-33-43-39(42)32-35-44-34-25-27-38(40)41-37-30-28-36(29-31-37)26-23-21-19-17-14-12-10-8-6-4-2/h28-31H,3-27,32-35H2,1-2H3,(H2,40,41). The summed E-state index contributed by atoms with van der Waals surface area (Å²) in [6.45, 7) is 5.13. The third-order valence-electron chi connectivity index (χ3n) is 8.50. The molecule has 2 N–H and O–H groups in total. The highest BCUT2D eigenvalue weighted by Gasteiger charge is 2.04. The van der Waals surface area contributed by atoms with E-state index in [0.29, 0.717) is 18.9 Å². The zero-order valence-electron chi connectivity index (χ0n) is 29.0. The molecule has 1 rings (SSSR count). The lowest BCUT2D eigenvalue weighted by Crippen LogP contribution is -2.11. The Bertz CT molecular complexity index is 783. The summed E-state index contributed by atoms with van der Waals surface area (Å²) in [6.07, 6.45) is 32.9. The SMILES string of the molecule is CCCCCCCCCCCCCCOC(=O)CCSCCCC(=N)Nc1ccc(CCCCCCCCCCCC)cc1. The lowest BCUT2D eigenvalue weighted by molar-refractivity contribution is -0.143. The summed E-state index contributed by atoms with van der Waals surface area (Å²) < 4.78 is 5.41. The van der Waals surface area contributed by atoms with E-state index in [-0.39, 0.29) is 5.97 Å². The number of ether oxygens (including phenoxy) is 1. The Kier molecular flexibility index (Phi) is 29.0. The minimum atomic E-state index is -0.0633. The van der Waals surface area contributed by atoms with Gasteiger partial charge in [0.25, 0.3) is 0 Å². The number of nitrogens with one attached hydrogen (secondary N) is 2. The zero-order chi connectivity index (χ0) is 31.8. The minimum absolute atomic E-state index is 0.0633. The first-order chi connectivity index (χ1) is 21.7. The van der Waals surface area contributed by atoms with E-state index in [0.717, 1.165) is 42.9 Å². The van der Waals surface area contributed by atoms with Crippen molar-refractivity contribution in [3.05, 3.63) is 29.8 Å². The van der Waals surface area contributed by atoms with Gasteiger partial charge in [0, 0.05) is 17.9 Å². The smallest absolute Gasteiger partial charge is 0.306 e. The highest BCUT2D eigenvalue weighted by Crippen LogP contribution is 2.16. The van der Waals surface area contributed by atoms with Gasteiger partial charge in [0.1, 0.15) is 0 Å². The molecule has 0 fully saturated rings. The van der Waals surface area contributed by atoms with Crippen LogP contribution in [-0.4, -0.2) is 29.9 Å². The van der Waals surface area contributed by atoms with Gasteiger partial charge in [-0.25, -0.2) is 0 Å². The maximum atomic E-state index is 12.0. The van der Waals surface area contributed by atoms with Gasteiger partial charge in [0.2, 0.25) is 0 Å². The van der Waals surface area contributed by atoms with Gasteiger partial charge in [-0.3, -0.25) is 10.2 Å². The van der Waals surface area contributed by atoms with Crippen molar-refractivity contribution in [2.45, 2.75) is 181 Å². The molecule has 44 heavy (non-hydrogen) atoms. The fraction of sp³-hybridized carbons (Fsp3) is 0.795. The molecule has 1 aromatic rings. The van der Waals surface area contributed by atoms with Gasteiger partial charge in [-0.1, -0.05) is 154 Å². The summed E-state index contributed by atoms with van der Waals surface area (Å²) in [5.74, 6) is 2.27. The number of carbonyl (C=O) groups is 1. The zero-order valence-corrected chi connectivity index (χ0v) is 29.9. The average molecular weight is 631 g/mol.